The lowest BCUT2D eigenvalue weighted by Crippen LogP contribution is -2.47. The monoisotopic (exact) mass is 303 g/mol. The minimum atomic E-state index is -2.45. The molecule has 0 aliphatic heterocycles. The Morgan fingerprint density at radius 3 is 2.24 bits per heavy atom. The predicted molar refractivity (Wildman–Crippen MR) is 70.9 cm³/mol. The maximum Gasteiger partial charge on any atom is 0.339 e. The Morgan fingerprint density at radius 2 is 1.71 bits per heavy atom. The van der Waals surface area contributed by atoms with Gasteiger partial charge in [0, 0.05) is 12.4 Å². The number of hydrogen-bond acceptors (Lipinski definition) is 7. The first kappa shape index (κ1) is 19.4. The van der Waals surface area contributed by atoms with Gasteiger partial charge in [0.2, 0.25) is 0 Å². The van der Waals surface area contributed by atoms with E-state index in [1.54, 1.807) is 6.92 Å². The smallest absolute Gasteiger partial charge is 0.339 e. The van der Waals surface area contributed by atoms with Crippen molar-refractivity contribution in [1.82, 2.24) is 0 Å². The lowest BCUT2D eigenvalue weighted by atomic mass is 9.95. The minimum Gasteiger partial charge on any atom is -0.550 e. The van der Waals surface area contributed by atoms with Crippen molar-refractivity contribution in [2.75, 3.05) is 13.2 Å². The second kappa shape index (κ2) is 10.1. The molecule has 0 heterocycles. The molecule has 0 aromatic heterocycles. The van der Waals surface area contributed by atoms with Crippen LogP contribution in [0.5, 0.6) is 0 Å². The number of aliphatic hydroxyl groups is 1. The second-order valence-electron chi connectivity index (χ2n) is 4.76. The number of carboxylic acid groups (broad SMARTS) is 1. The Bertz CT molecular complexity index is 353. The highest BCUT2D eigenvalue weighted by Crippen LogP contribution is 2.19. The molecule has 0 bridgehead atoms. The lowest BCUT2D eigenvalue weighted by molar-refractivity contribution is -0.309. The van der Waals surface area contributed by atoms with Crippen molar-refractivity contribution in [1.29, 1.82) is 0 Å². The van der Waals surface area contributed by atoms with Gasteiger partial charge in [0.05, 0.1) is 19.6 Å². The minimum absolute atomic E-state index is 0.0618. The Balaban J connectivity index is 4.53. The molecule has 0 saturated carbocycles. The standard InChI is InChI=1S/C14H24O7/c1-3-5-6-7-8-21-13(18)14(19,9-11(15)16)10-12(17)20-4-2/h19H,3-10H2,1-2H3,(H,15,16)/p-1. The average Bonchev–Trinajstić information content (AvgIpc) is 2.37. The zero-order valence-corrected chi connectivity index (χ0v) is 12.6. The van der Waals surface area contributed by atoms with E-state index < -0.39 is 36.4 Å². The maximum atomic E-state index is 11.8. The molecule has 0 aromatic rings. The van der Waals surface area contributed by atoms with Crippen LogP contribution < -0.4 is 5.11 Å². The van der Waals surface area contributed by atoms with Gasteiger partial charge in [0.15, 0.2) is 5.60 Å². The fraction of sp³-hybridized carbons (Fsp3) is 0.786. The molecule has 122 valence electrons. The zero-order chi connectivity index (χ0) is 16.3. The van der Waals surface area contributed by atoms with Crippen LogP contribution in [0.2, 0.25) is 0 Å². The summed E-state index contributed by atoms with van der Waals surface area (Å²) in [5, 5.41) is 20.7. The lowest BCUT2D eigenvalue weighted by Gasteiger charge is -2.25. The third-order valence-electron chi connectivity index (χ3n) is 2.79. The van der Waals surface area contributed by atoms with Gasteiger partial charge in [-0.25, -0.2) is 4.79 Å². The van der Waals surface area contributed by atoms with Gasteiger partial charge in [-0.05, 0) is 13.3 Å². The van der Waals surface area contributed by atoms with Crippen LogP contribution in [0.15, 0.2) is 0 Å². The number of carbonyl (C=O) groups is 3. The van der Waals surface area contributed by atoms with Crippen LogP contribution in [0.4, 0.5) is 0 Å². The molecule has 0 aliphatic carbocycles. The van der Waals surface area contributed by atoms with E-state index in [4.69, 9.17) is 4.74 Å². The second-order valence-corrected chi connectivity index (χ2v) is 4.76. The summed E-state index contributed by atoms with van der Waals surface area (Å²) in [6.07, 6.45) is 1.69. The summed E-state index contributed by atoms with van der Waals surface area (Å²) in [6.45, 7) is 3.72. The van der Waals surface area contributed by atoms with Crippen molar-refractivity contribution >= 4 is 17.9 Å². The highest BCUT2D eigenvalue weighted by Gasteiger charge is 2.40. The van der Waals surface area contributed by atoms with Crippen LogP contribution >= 0.6 is 0 Å². The zero-order valence-electron chi connectivity index (χ0n) is 12.6. The van der Waals surface area contributed by atoms with Crippen molar-refractivity contribution in [3.8, 4) is 0 Å². The molecule has 0 rings (SSSR count). The first-order valence-corrected chi connectivity index (χ1v) is 7.10. The molecule has 21 heavy (non-hydrogen) atoms. The van der Waals surface area contributed by atoms with E-state index in [2.05, 4.69) is 4.74 Å². The third kappa shape index (κ3) is 8.29. The van der Waals surface area contributed by atoms with Gasteiger partial charge in [-0.1, -0.05) is 26.2 Å². The summed E-state index contributed by atoms with van der Waals surface area (Å²) in [4.78, 5) is 33.8. The summed E-state index contributed by atoms with van der Waals surface area (Å²) in [5.74, 6) is -3.66. The molecule has 1 N–H and O–H groups in total. The molecular weight excluding hydrogens is 280 g/mol. The van der Waals surface area contributed by atoms with Gasteiger partial charge in [-0.2, -0.15) is 0 Å². The largest absolute Gasteiger partial charge is 0.550 e. The maximum absolute atomic E-state index is 11.8. The van der Waals surface area contributed by atoms with E-state index in [1.807, 2.05) is 6.92 Å². The average molecular weight is 303 g/mol. The molecule has 0 aromatic carbocycles. The van der Waals surface area contributed by atoms with Gasteiger partial charge >= 0.3 is 11.9 Å². The summed E-state index contributed by atoms with van der Waals surface area (Å²) in [6, 6.07) is 0. The SMILES string of the molecule is CCCCCCOC(=O)C(O)(CC(=O)[O-])CC(=O)OCC. The highest BCUT2D eigenvalue weighted by molar-refractivity contribution is 5.89. The molecule has 0 radical (unpaired) electrons. The molecule has 7 heteroatoms. The van der Waals surface area contributed by atoms with Crippen molar-refractivity contribution < 1.29 is 34.1 Å². The Morgan fingerprint density at radius 1 is 1.05 bits per heavy atom. The van der Waals surface area contributed by atoms with Crippen molar-refractivity contribution in [2.24, 2.45) is 0 Å². The van der Waals surface area contributed by atoms with Crippen molar-refractivity contribution in [2.45, 2.75) is 58.0 Å². The molecule has 0 saturated heterocycles. The van der Waals surface area contributed by atoms with Crippen LogP contribution in [0.25, 0.3) is 0 Å². The van der Waals surface area contributed by atoms with E-state index in [-0.39, 0.29) is 13.2 Å². The van der Waals surface area contributed by atoms with Gasteiger partial charge < -0.3 is 24.5 Å². The van der Waals surface area contributed by atoms with Crippen LogP contribution in [0.3, 0.4) is 0 Å². The molecule has 1 atom stereocenters. The predicted octanol–water partition coefficient (Wildman–Crippen LogP) is -0.0658. The topological polar surface area (TPSA) is 113 Å². The van der Waals surface area contributed by atoms with Gasteiger partial charge in [-0.15, -0.1) is 0 Å². The Labute approximate surface area is 124 Å². The van der Waals surface area contributed by atoms with Crippen LogP contribution in [-0.2, 0) is 23.9 Å². The first-order valence-electron chi connectivity index (χ1n) is 7.10. The van der Waals surface area contributed by atoms with E-state index in [0.29, 0.717) is 6.42 Å². The van der Waals surface area contributed by atoms with Crippen molar-refractivity contribution in [3.05, 3.63) is 0 Å². The Hall–Kier alpha value is -1.63. The summed E-state index contributed by atoms with van der Waals surface area (Å²) < 4.78 is 9.45. The molecule has 1 unspecified atom stereocenters. The fourth-order valence-electron chi connectivity index (χ4n) is 1.72. The third-order valence-corrected chi connectivity index (χ3v) is 2.79. The van der Waals surface area contributed by atoms with E-state index >= 15 is 0 Å². The molecule has 0 amide bonds. The number of esters is 2. The molecular formula is C14H23O7-. The number of hydrogen-bond donors (Lipinski definition) is 1. The van der Waals surface area contributed by atoms with E-state index in [9.17, 15) is 24.6 Å². The molecule has 0 spiro atoms. The van der Waals surface area contributed by atoms with Gasteiger partial charge in [-0.3, -0.25) is 4.79 Å². The number of aliphatic carboxylic acids is 1. The molecule has 0 fully saturated rings. The van der Waals surface area contributed by atoms with Crippen LogP contribution in [0.1, 0.15) is 52.4 Å². The van der Waals surface area contributed by atoms with Crippen molar-refractivity contribution in [3.63, 3.8) is 0 Å². The quantitative estimate of drug-likeness (QED) is 0.420. The van der Waals surface area contributed by atoms with E-state index in [1.165, 1.54) is 0 Å². The number of rotatable bonds is 11. The number of carbonyl (C=O) groups excluding carboxylic acids is 3. The van der Waals surface area contributed by atoms with Crippen LogP contribution in [-0.4, -0.2) is 41.8 Å². The Kier molecular flexibility index (Phi) is 9.36. The van der Waals surface area contributed by atoms with E-state index in [0.717, 1.165) is 19.3 Å². The number of ether oxygens (including phenoxy) is 2. The summed E-state index contributed by atoms with van der Waals surface area (Å²) in [7, 11) is 0. The summed E-state index contributed by atoms with van der Waals surface area (Å²) in [5.41, 5.74) is -2.45. The van der Waals surface area contributed by atoms with Gasteiger partial charge in [0.25, 0.3) is 0 Å². The summed E-state index contributed by atoms with van der Waals surface area (Å²) >= 11 is 0. The molecule has 0 aliphatic rings. The number of unbranched alkanes of at least 4 members (excludes halogenated alkanes) is 3. The number of carboxylic acids is 1. The molecule has 7 nitrogen and oxygen atoms in total. The highest BCUT2D eigenvalue weighted by atomic mass is 16.6. The van der Waals surface area contributed by atoms with Crippen LogP contribution in [0, 0.1) is 0 Å². The first-order chi connectivity index (χ1) is 9.85. The normalized spacial score (nSPS) is 13.3. The van der Waals surface area contributed by atoms with Gasteiger partial charge in [0.1, 0.15) is 0 Å². The fourth-order valence-corrected chi connectivity index (χ4v) is 1.72.